The van der Waals surface area contributed by atoms with Gasteiger partial charge < -0.3 is 29.7 Å². The van der Waals surface area contributed by atoms with Gasteiger partial charge in [-0.25, -0.2) is 4.98 Å². The van der Waals surface area contributed by atoms with Gasteiger partial charge in [0.05, 0.1) is 57.8 Å². The molecule has 2 aromatic rings. The quantitative estimate of drug-likeness (QED) is 0.399. The zero-order valence-corrected chi connectivity index (χ0v) is 24.2. The molecule has 0 bridgehead atoms. The monoisotopic (exact) mass is 591 g/mol. The Kier molecular flexibility index (Phi) is 8.76. The van der Waals surface area contributed by atoms with Gasteiger partial charge in [-0.2, -0.15) is 0 Å². The number of pyridine rings is 1. The molecule has 1 amide bonds. The molecule has 1 aromatic heterocycles. The third kappa shape index (κ3) is 5.94. The first-order chi connectivity index (χ1) is 18.9. The molecule has 5 rings (SSSR count). The van der Waals surface area contributed by atoms with Gasteiger partial charge in [0.15, 0.2) is 5.17 Å². The molecule has 208 valence electrons. The molecule has 2 aliphatic heterocycles. The second-order valence-electron chi connectivity index (χ2n) is 9.58. The van der Waals surface area contributed by atoms with E-state index in [4.69, 9.17) is 42.4 Å². The van der Waals surface area contributed by atoms with Crippen LogP contribution in [-0.4, -0.2) is 61.6 Å². The lowest BCUT2D eigenvalue weighted by Gasteiger charge is -2.33. The summed E-state index contributed by atoms with van der Waals surface area (Å²) in [5.41, 5.74) is 1.60. The number of aromatic nitrogens is 1. The molecule has 0 unspecified atom stereocenters. The number of fused-ring (bicyclic) bond motifs is 1. The topological polar surface area (TPSA) is 97.3 Å². The maximum absolute atomic E-state index is 11.8. The predicted molar refractivity (Wildman–Crippen MR) is 156 cm³/mol. The van der Waals surface area contributed by atoms with Crippen LogP contribution in [0.15, 0.2) is 40.9 Å². The first kappa shape index (κ1) is 27.9. The van der Waals surface area contributed by atoms with Crippen LogP contribution in [-0.2, 0) is 16.1 Å². The Morgan fingerprint density at radius 1 is 1.18 bits per heavy atom. The highest BCUT2D eigenvalue weighted by atomic mass is 35.5. The summed E-state index contributed by atoms with van der Waals surface area (Å²) in [7, 11) is 3.13. The number of amides is 1. The van der Waals surface area contributed by atoms with E-state index >= 15 is 0 Å². The highest BCUT2D eigenvalue weighted by Gasteiger charge is 2.33. The Labute approximate surface area is 242 Å². The Hall–Kier alpha value is -2.66. The SMILES string of the molecule is C=CC(=O)N[C@H]1COC[C@H]1Nc1cc2c(cn1)CN(c1c(Cl)c(OC)cc(OC)c1Cl)/C(=N/C1CCCC1)S2. The van der Waals surface area contributed by atoms with Crippen LogP contribution >= 0.6 is 35.0 Å². The minimum absolute atomic E-state index is 0.113. The number of benzene rings is 1. The number of hydrogen-bond acceptors (Lipinski definition) is 8. The molecular formula is C27H31Cl2N5O4S. The zero-order valence-electron chi connectivity index (χ0n) is 21.8. The molecule has 3 aliphatic rings. The van der Waals surface area contributed by atoms with E-state index in [1.54, 1.807) is 32.0 Å². The lowest BCUT2D eigenvalue weighted by atomic mass is 10.1. The molecule has 0 radical (unpaired) electrons. The van der Waals surface area contributed by atoms with E-state index in [9.17, 15) is 4.79 Å². The molecule has 2 atom stereocenters. The Morgan fingerprint density at radius 2 is 1.87 bits per heavy atom. The maximum Gasteiger partial charge on any atom is 0.243 e. The average molecular weight is 593 g/mol. The second-order valence-corrected chi connectivity index (χ2v) is 11.3. The number of amidine groups is 1. The summed E-state index contributed by atoms with van der Waals surface area (Å²) in [6, 6.07) is 3.65. The number of anilines is 2. The number of nitrogens with one attached hydrogen (secondary N) is 2. The van der Waals surface area contributed by atoms with E-state index in [-0.39, 0.29) is 24.0 Å². The third-order valence-electron chi connectivity index (χ3n) is 7.07. The lowest BCUT2D eigenvalue weighted by molar-refractivity contribution is -0.117. The van der Waals surface area contributed by atoms with Crippen molar-refractivity contribution in [2.75, 3.05) is 37.7 Å². The number of methoxy groups -OCH3 is 2. The largest absolute Gasteiger partial charge is 0.495 e. The van der Waals surface area contributed by atoms with Crippen molar-refractivity contribution in [3.63, 3.8) is 0 Å². The maximum atomic E-state index is 11.8. The van der Waals surface area contributed by atoms with Gasteiger partial charge in [0.2, 0.25) is 5.91 Å². The minimum atomic E-state index is -0.231. The van der Waals surface area contributed by atoms with E-state index in [0.29, 0.717) is 52.8 Å². The fourth-order valence-corrected chi connectivity index (χ4v) is 6.78. The van der Waals surface area contributed by atoms with Crippen molar-refractivity contribution in [3.05, 3.63) is 46.6 Å². The van der Waals surface area contributed by atoms with Crippen LogP contribution in [0.5, 0.6) is 11.5 Å². The van der Waals surface area contributed by atoms with Gasteiger partial charge in [0.25, 0.3) is 0 Å². The van der Waals surface area contributed by atoms with E-state index in [2.05, 4.69) is 22.2 Å². The summed E-state index contributed by atoms with van der Waals surface area (Å²) in [5, 5.41) is 7.94. The summed E-state index contributed by atoms with van der Waals surface area (Å²) >= 11 is 15.2. The van der Waals surface area contributed by atoms with Crippen molar-refractivity contribution in [1.29, 1.82) is 0 Å². The van der Waals surface area contributed by atoms with Crippen LogP contribution in [0.25, 0.3) is 0 Å². The van der Waals surface area contributed by atoms with Gasteiger partial charge in [0, 0.05) is 22.7 Å². The highest BCUT2D eigenvalue weighted by Crippen LogP contribution is 2.49. The first-order valence-corrected chi connectivity index (χ1v) is 14.4. The molecule has 1 aromatic carbocycles. The molecule has 1 saturated carbocycles. The Balaban J connectivity index is 1.48. The van der Waals surface area contributed by atoms with Crippen LogP contribution in [0.1, 0.15) is 31.2 Å². The van der Waals surface area contributed by atoms with Crippen LogP contribution in [0.2, 0.25) is 10.0 Å². The van der Waals surface area contributed by atoms with Gasteiger partial charge >= 0.3 is 0 Å². The molecular weight excluding hydrogens is 561 g/mol. The summed E-state index contributed by atoms with van der Waals surface area (Å²) in [4.78, 5) is 24.7. The van der Waals surface area contributed by atoms with Gasteiger partial charge in [-0.15, -0.1) is 0 Å². The minimum Gasteiger partial charge on any atom is -0.495 e. The number of ether oxygens (including phenoxy) is 3. The Morgan fingerprint density at radius 3 is 2.54 bits per heavy atom. The van der Waals surface area contributed by atoms with Crippen molar-refractivity contribution in [1.82, 2.24) is 10.3 Å². The smallest absolute Gasteiger partial charge is 0.243 e. The van der Waals surface area contributed by atoms with Crippen LogP contribution < -0.4 is 25.0 Å². The third-order valence-corrected chi connectivity index (χ3v) is 8.91. The van der Waals surface area contributed by atoms with E-state index in [0.717, 1.165) is 28.5 Å². The molecule has 1 saturated heterocycles. The number of nitrogens with zero attached hydrogens (tertiary/aromatic N) is 3. The van der Waals surface area contributed by atoms with Gasteiger partial charge in [-0.3, -0.25) is 9.79 Å². The molecule has 2 N–H and O–H groups in total. The van der Waals surface area contributed by atoms with Crippen molar-refractivity contribution in [2.24, 2.45) is 4.99 Å². The van der Waals surface area contributed by atoms with Gasteiger partial charge in [-0.05, 0) is 25.0 Å². The predicted octanol–water partition coefficient (Wildman–Crippen LogP) is 5.30. The molecule has 9 nitrogen and oxygen atoms in total. The number of carbonyl (C=O) groups excluding carboxylic acids is 1. The Bertz CT molecular complexity index is 1260. The standard InChI is InChI=1S/C27H31Cl2N5O4S/c1-4-23(35)33-18-14-38-13-17(18)32-22-10-21-15(11-30-22)12-34(27(39-21)31-16-7-5-6-8-16)26-24(28)19(36-2)9-20(37-3)25(26)29/h4,9-11,16-18H,1,5-8,12-14H2,2-3H3,(H,30,32)(H,33,35)/b31-27-/t17-,18+/m1/s1. The highest BCUT2D eigenvalue weighted by molar-refractivity contribution is 8.14. The number of halogens is 2. The first-order valence-electron chi connectivity index (χ1n) is 12.8. The summed E-state index contributed by atoms with van der Waals surface area (Å²) in [6.07, 6.45) is 7.55. The van der Waals surface area contributed by atoms with E-state index in [1.165, 1.54) is 18.9 Å². The normalized spacial score (nSPS) is 22.1. The van der Waals surface area contributed by atoms with Crippen molar-refractivity contribution < 1.29 is 19.0 Å². The average Bonchev–Trinajstić information content (AvgIpc) is 3.61. The van der Waals surface area contributed by atoms with Crippen molar-refractivity contribution in [3.8, 4) is 11.5 Å². The van der Waals surface area contributed by atoms with Crippen LogP contribution in [0.3, 0.4) is 0 Å². The van der Waals surface area contributed by atoms with E-state index in [1.807, 2.05) is 17.2 Å². The van der Waals surface area contributed by atoms with Gasteiger partial charge in [-0.1, -0.05) is 54.4 Å². The summed E-state index contributed by atoms with van der Waals surface area (Å²) in [6.45, 7) is 4.89. The molecule has 0 spiro atoms. The van der Waals surface area contributed by atoms with Crippen LogP contribution in [0, 0.1) is 0 Å². The number of hydrogen-bond donors (Lipinski definition) is 2. The summed E-state index contributed by atoms with van der Waals surface area (Å²) < 4.78 is 16.6. The molecule has 39 heavy (non-hydrogen) atoms. The summed E-state index contributed by atoms with van der Waals surface area (Å²) in [5.74, 6) is 1.41. The van der Waals surface area contributed by atoms with Crippen LogP contribution in [0.4, 0.5) is 11.5 Å². The van der Waals surface area contributed by atoms with Crippen molar-refractivity contribution in [2.45, 2.75) is 55.2 Å². The molecule has 12 heteroatoms. The fourth-order valence-electron chi connectivity index (χ4n) is 4.99. The zero-order chi connectivity index (χ0) is 27.5. The number of thioether (sulfide) groups is 1. The number of aliphatic imine (C=N–C) groups is 1. The van der Waals surface area contributed by atoms with E-state index < -0.39 is 0 Å². The second kappa shape index (κ2) is 12.2. The molecule has 2 fully saturated rings. The molecule has 3 heterocycles. The number of rotatable bonds is 8. The fraction of sp³-hybridized carbons (Fsp3) is 0.444. The lowest BCUT2D eigenvalue weighted by Crippen LogP contribution is -2.45. The molecule has 1 aliphatic carbocycles. The van der Waals surface area contributed by atoms with Gasteiger partial charge in [0.1, 0.15) is 27.4 Å². The number of carbonyl (C=O) groups is 1. The van der Waals surface area contributed by atoms with Crippen molar-refractivity contribution >= 4 is 57.5 Å².